The van der Waals surface area contributed by atoms with Crippen molar-refractivity contribution < 1.29 is 9.84 Å². The van der Waals surface area contributed by atoms with Crippen molar-refractivity contribution in [1.82, 2.24) is 0 Å². The fraction of sp³-hybridized carbons (Fsp3) is 0.667. The summed E-state index contributed by atoms with van der Waals surface area (Å²) in [6, 6.07) is 10.5. The molecule has 1 heterocycles. The predicted molar refractivity (Wildman–Crippen MR) is 80.7 cm³/mol. The Labute approximate surface area is 122 Å². The number of ether oxygens (including phenoxy) is 1. The minimum atomic E-state index is -0.233. The zero-order chi connectivity index (χ0) is 14.0. The molecule has 1 spiro atoms. The van der Waals surface area contributed by atoms with Crippen LogP contribution in [-0.2, 0) is 4.74 Å². The van der Waals surface area contributed by atoms with Gasteiger partial charge in [0.15, 0.2) is 0 Å². The van der Waals surface area contributed by atoms with Gasteiger partial charge in [-0.25, -0.2) is 0 Å². The van der Waals surface area contributed by atoms with Crippen LogP contribution in [0.4, 0.5) is 0 Å². The number of rotatable bonds is 4. The zero-order valence-corrected chi connectivity index (χ0v) is 12.4. The summed E-state index contributed by atoms with van der Waals surface area (Å²) >= 11 is 0. The Kier molecular flexibility index (Phi) is 4.13. The average molecular weight is 274 g/mol. The lowest BCUT2D eigenvalue weighted by molar-refractivity contribution is -0.158. The van der Waals surface area contributed by atoms with E-state index in [1.807, 2.05) is 6.07 Å². The standard InChI is InChI=1S/C18H26O2/c1-2-16(14-7-4-3-5-8-14)17(19)15-9-12-20-18(13-15)10-6-11-18/h3-5,7-8,15-17,19H,2,6,9-13H2,1H3. The number of hydrogen-bond acceptors (Lipinski definition) is 2. The summed E-state index contributed by atoms with van der Waals surface area (Å²) in [6.07, 6.45) is 6.50. The highest BCUT2D eigenvalue weighted by atomic mass is 16.5. The summed E-state index contributed by atoms with van der Waals surface area (Å²) < 4.78 is 5.99. The van der Waals surface area contributed by atoms with Crippen molar-refractivity contribution in [3.05, 3.63) is 35.9 Å². The number of aliphatic hydroxyl groups excluding tert-OH is 1. The lowest BCUT2D eigenvalue weighted by Gasteiger charge is -2.48. The van der Waals surface area contributed by atoms with Crippen LogP contribution in [-0.4, -0.2) is 23.4 Å². The maximum atomic E-state index is 10.9. The van der Waals surface area contributed by atoms with Crippen LogP contribution in [0.5, 0.6) is 0 Å². The molecule has 1 aliphatic heterocycles. The summed E-state index contributed by atoms with van der Waals surface area (Å²) in [5.74, 6) is 0.658. The van der Waals surface area contributed by atoms with E-state index in [0.29, 0.717) is 5.92 Å². The normalized spacial score (nSPS) is 27.8. The van der Waals surface area contributed by atoms with Crippen LogP contribution in [0.15, 0.2) is 30.3 Å². The van der Waals surface area contributed by atoms with Gasteiger partial charge >= 0.3 is 0 Å². The highest BCUT2D eigenvalue weighted by molar-refractivity contribution is 5.21. The minimum Gasteiger partial charge on any atom is -0.392 e. The first-order valence-corrected chi connectivity index (χ1v) is 8.11. The van der Waals surface area contributed by atoms with Crippen LogP contribution in [0.1, 0.15) is 56.9 Å². The number of hydrogen-bond donors (Lipinski definition) is 1. The SMILES string of the molecule is CCC(c1ccccc1)C(O)C1CCOC2(CCC2)C1. The Morgan fingerprint density at radius 1 is 1.30 bits per heavy atom. The second-order valence-electron chi connectivity index (χ2n) is 6.55. The van der Waals surface area contributed by atoms with Crippen molar-refractivity contribution in [2.75, 3.05) is 6.61 Å². The molecule has 2 fully saturated rings. The second-order valence-corrected chi connectivity index (χ2v) is 6.55. The predicted octanol–water partition coefficient (Wildman–Crippen LogP) is 3.89. The lowest BCUT2D eigenvalue weighted by Crippen LogP contribution is -2.48. The highest BCUT2D eigenvalue weighted by Crippen LogP contribution is 2.46. The monoisotopic (exact) mass is 274 g/mol. The molecule has 1 aliphatic carbocycles. The molecule has 1 saturated heterocycles. The number of aliphatic hydroxyl groups is 1. The molecule has 2 nitrogen and oxygen atoms in total. The molecule has 3 rings (SSSR count). The van der Waals surface area contributed by atoms with E-state index in [4.69, 9.17) is 4.74 Å². The zero-order valence-electron chi connectivity index (χ0n) is 12.4. The van der Waals surface area contributed by atoms with E-state index in [9.17, 15) is 5.11 Å². The summed E-state index contributed by atoms with van der Waals surface area (Å²) in [5.41, 5.74) is 1.40. The van der Waals surface area contributed by atoms with Gasteiger partial charge in [0.1, 0.15) is 0 Å². The molecule has 3 unspecified atom stereocenters. The molecule has 0 radical (unpaired) electrons. The van der Waals surface area contributed by atoms with Crippen molar-refractivity contribution in [3.8, 4) is 0 Å². The van der Waals surface area contributed by atoms with Gasteiger partial charge in [-0.15, -0.1) is 0 Å². The average Bonchev–Trinajstić information content (AvgIpc) is 2.47. The smallest absolute Gasteiger partial charge is 0.0686 e. The van der Waals surface area contributed by atoms with Gasteiger partial charge in [-0.3, -0.25) is 0 Å². The van der Waals surface area contributed by atoms with Crippen LogP contribution in [0.2, 0.25) is 0 Å². The lowest BCUT2D eigenvalue weighted by atomic mass is 9.69. The molecule has 1 saturated carbocycles. The van der Waals surface area contributed by atoms with Crippen molar-refractivity contribution in [1.29, 1.82) is 0 Å². The molecule has 2 heteroatoms. The van der Waals surface area contributed by atoms with Gasteiger partial charge < -0.3 is 9.84 Å². The molecule has 1 N–H and O–H groups in total. The molecule has 1 aromatic carbocycles. The van der Waals surface area contributed by atoms with E-state index in [1.165, 1.54) is 24.8 Å². The Morgan fingerprint density at radius 2 is 2.05 bits per heavy atom. The van der Waals surface area contributed by atoms with E-state index < -0.39 is 0 Å². The largest absolute Gasteiger partial charge is 0.392 e. The van der Waals surface area contributed by atoms with Gasteiger partial charge in [0.2, 0.25) is 0 Å². The molecule has 110 valence electrons. The quantitative estimate of drug-likeness (QED) is 0.902. The summed E-state index contributed by atoms with van der Waals surface area (Å²) in [5, 5.41) is 10.9. The molecule has 1 aromatic rings. The molecule has 0 amide bonds. The third kappa shape index (κ3) is 2.64. The van der Waals surface area contributed by atoms with Crippen molar-refractivity contribution in [2.24, 2.45) is 5.92 Å². The third-order valence-electron chi connectivity index (χ3n) is 5.36. The minimum absolute atomic E-state index is 0.124. The van der Waals surface area contributed by atoms with Gasteiger partial charge in [0.25, 0.3) is 0 Å². The summed E-state index contributed by atoms with van der Waals surface area (Å²) in [4.78, 5) is 0. The Balaban J connectivity index is 1.71. The molecule has 0 aromatic heterocycles. The molecule has 20 heavy (non-hydrogen) atoms. The second kappa shape index (κ2) is 5.87. The third-order valence-corrected chi connectivity index (χ3v) is 5.36. The maximum absolute atomic E-state index is 10.9. The van der Waals surface area contributed by atoms with Gasteiger partial charge in [0, 0.05) is 12.5 Å². The maximum Gasteiger partial charge on any atom is 0.0686 e. The molecule has 2 aliphatic rings. The van der Waals surface area contributed by atoms with Crippen molar-refractivity contribution >= 4 is 0 Å². The van der Waals surface area contributed by atoms with E-state index in [-0.39, 0.29) is 17.6 Å². The molecule has 0 bridgehead atoms. The fourth-order valence-electron chi connectivity index (χ4n) is 3.98. The first-order chi connectivity index (χ1) is 9.74. The molecular weight excluding hydrogens is 248 g/mol. The Morgan fingerprint density at radius 3 is 2.65 bits per heavy atom. The first-order valence-electron chi connectivity index (χ1n) is 8.11. The van der Waals surface area contributed by atoms with Gasteiger partial charge in [0.05, 0.1) is 11.7 Å². The van der Waals surface area contributed by atoms with Gasteiger partial charge in [-0.2, -0.15) is 0 Å². The fourth-order valence-corrected chi connectivity index (χ4v) is 3.98. The van der Waals surface area contributed by atoms with Crippen molar-refractivity contribution in [3.63, 3.8) is 0 Å². The van der Waals surface area contributed by atoms with E-state index in [2.05, 4.69) is 31.2 Å². The molecule has 3 atom stereocenters. The van der Waals surface area contributed by atoms with Crippen molar-refractivity contribution in [2.45, 2.75) is 63.1 Å². The van der Waals surface area contributed by atoms with Crippen LogP contribution >= 0.6 is 0 Å². The first kappa shape index (κ1) is 14.1. The topological polar surface area (TPSA) is 29.5 Å². The Bertz CT molecular complexity index is 424. The van der Waals surface area contributed by atoms with Gasteiger partial charge in [-0.05, 0) is 50.0 Å². The Hall–Kier alpha value is -0.860. The van der Waals surface area contributed by atoms with Crippen LogP contribution in [0.3, 0.4) is 0 Å². The van der Waals surface area contributed by atoms with E-state index in [1.54, 1.807) is 0 Å². The van der Waals surface area contributed by atoms with Crippen LogP contribution in [0.25, 0.3) is 0 Å². The number of benzene rings is 1. The van der Waals surface area contributed by atoms with Crippen LogP contribution < -0.4 is 0 Å². The van der Waals surface area contributed by atoms with Gasteiger partial charge in [-0.1, -0.05) is 37.3 Å². The van der Waals surface area contributed by atoms with Crippen LogP contribution in [0, 0.1) is 5.92 Å². The molecular formula is C18H26O2. The van der Waals surface area contributed by atoms with E-state index >= 15 is 0 Å². The summed E-state index contributed by atoms with van der Waals surface area (Å²) in [6.45, 7) is 3.01. The highest BCUT2D eigenvalue weighted by Gasteiger charge is 2.45. The van der Waals surface area contributed by atoms with E-state index in [0.717, 1.165) is 25.9 Å². The summed E-state index contributed by atoms with van der Waals surface area (Å²) in [7, 11) is 0.